The van der Waals surface area contributed by atoms with Gasteiger partial charge in [0.25, 0.3) is 0 Å². The highest BCUT2D eigenvalue weighted by Gasteiger charge is 2.10. The molecular weight excluding hydrogens is 332 g/mol. The van der Waals surface area contributed by atoms with Gasteiger partial charge in [0.2, 0.25) is 5.95 Å². The molecular formula is C20H15ClN4. The van der Waals surface area contributed by atoms with Crippen LogP contribution >= 0.6 is 11.6 Å². The molecule has 0 unspecified atom stereocenters. The van der Waals surface area contributed by atoms with Crippen LogP contribution in [-0.2, 0) is 6.54 Å². The van der Waals surface area contributed by atoms with Crippen LogP contribution in [0.1, 0.15) is 5.56 Å². The zero-order valence-corrected chi connectivity index (χ0v) is 14.1. The highest BCUT2D eigenvalue weighted by Crippen LogP contribution is 2.29. The zero-order valence-electron chi connectivity index (χ0n) is 13.4. The smallest absolute Gasteiger partial charge is 0.224 e. The van der Waals surface area contributed by atoms with E-state index < -0.39 is 0 Å². The van der Waals surface area contributed by atoms with Crippen LogP contribution in [0.25, 0.3) is 22.2 Å². The highest BCUT2D eigenvalue weighted by molar-refractivity contribution is 6.31. The van der Waals surface area contributed by atoms with Gasteiger partial charge in [-0.3, -0.25) is 4.98 Å². The molecule has 0 aliphatic rings. The molecule has 4 rings (SSSR count). The molecule has 4 aromatic rings. The van der Waals surface area contributed by atoms with E-state index in [2.05, 4.69) is 15.3 Å². The predicted octanol–water partition coefficient (Wildman–Crippen LogP) is 4.96. The van der Waals surface area contributed by atoms with Gasteiger partial charge < -0.3 is 5.32 Å². The summed E-state index contributed by atoms with van der Waals surface area (Å²) in [7, 11) is 0. The maximum absolute atomic E-state index is 6.18. The average Bonchev–Trinajstić information content (AvgIpc) is 2.67. The van der Waals surface area contributed by atoms with Gasteiger partial charge in [0.05, 0.1) is 11.2 Å². The van der Waals surface area contributed by atoms with Gasteiger partial charge in [-0.25, -0.2) is 9.97 Å². The number of hydrogen-bond donors (Lipinski definition) is 1. The Bertz CT molecular complexity index is 1000. The predicted molar refractivity (Wildman–Crippen MR) is 102 cm³/mol. The van der Waals surface area contributed by atoms with Crippen molar-refractivity contribution in [1.29, 1.82) is 0 Å². The maximum Gasteiger partial charge on any atom is 0.224 e. The molecule has 0 saturated carbocycles. The van der Waals surface area contributed by atoms with Gasteiger partial charge in [0.1, 0.15) is 0 Å². The van der Waals surface area contributed by atoms with Gasteiger partial charge in [-0.15, -0.1) is 0 Å². The van der Waals surface area contributed by atoms with Gasteiger partial charge in [-0.2, -0.15) is 0 Å². The SMILES string of the molecule is Clc1ccc2nc(NCc3cccnc3)nc(-c3ccccc3)c2c1. The fraction of sp³-hybridized carbons (Fsp3) is 0.0500. The molecule has 0 saturated heterocycles. The monoisotopic (exact) mass is 346 g/mol. The van der Waals surface area contributed by atoms with Gasteiger partial charge in [-0.1, -0.05) is 48.0 Å². The van der Waals surface area contributed by atoms with E-state index >= 15 is 0 Å². The van der Waals surface area contributed by atoms with Crippen LogP contribution in [0.3, 0.4) is 0 Å². The van der Waals surface area contributed by atoms with Crippen LogP contribution in [0.15, 0.2) is 73.1 Å². The summed E-state index contributed by atoms with van der Waals surface area (Å²) in [4.78, 5) is 13.5. The summed E-state index contributed by atoms with van der Waals surface area (Å²) in [5, 5.41) is 4.89. The van der Waals surface area contributed by atoms with Crippen molar-refractivity contribution in [3.63, 3.8) is 0 Å². The number of nitrogens with one attached hydrogen (secondary N) is 1. The fourth-order valence-electron chi connectivity index (χ4n) is 2.68. The lowest BCUT2D eigenvalue weighted by atomic mass is 10.1. The third-order valence-electron chi connectivity index (χ3n) is 3.88. The van der Waals surface area contributed by atoms with Gasteiger partial charge in [0, 0.05) is 34.9 Å². The normalized spacial score (nSPS) is 10.8. The number of nitrogens with zero attached hydrogens (tertiary/aromatic N) is 3. The van der Waals surface area contributed by atoms with Crippen molar-refractivity contribution in [2.75, 3.05) is 5.32 Å². The molecule has 0 aliphatic heterocycles. The molecule has 0 spiro atoms. The van der Waals surface area contributed by atoms with E-state index in [0.717, 1.165) is 27.7 Å². The minimum Gasteiger partial charge on any atom is -0.350 e. The number of fused-ring (bicyclic) bond motifs is 1. The summed E-state index contributed by atoms with van der Waals surface area (Å²) in [5.74, 6) is 0.581. The Balaban J connectivity index is 1.77. The Labute approximate surface area is 150 Å². The van der Waals surface area contributed by atoms with E-state index in [1.807, 2.05) is 66.9 Å². The third kappa shape index (κ3) is 3.44. The molecule has 2 aromatic heterocycles. The van der Waals surface area contributed by atoms with Crippen LogP contribution in [0, 0.1) is 0 Å². The third-order valence-corrected chi connectivity index (χ3v) is 4.11. The molecule has 25 heavy (non-hydrogen) atoms. The standard InChI is InChI=1S/C20H15ClN4/c21-16-8-9-18-17(11-16)19(15-6-2-1-3-7-15)25-20(24-18)23-13-14-5-4-10-22-12-14/h1-12H,13H2,(H,23,24,25). The Morgan fingerprint density at radius 3 is 2.60 bits per heavy atom. The average molecular weight is 347 g/mol. The molecule has 0 amide bonds. The maximum atomic E-state index is 6.18. The number of pyridine rings is 1. The summed E-state index contributed by atoms with van der Waals surface area (Å²) in [6.07, 6.45) is 3.58. The molecule has 1 N–H and O–H groups in total. The van der Waals surface area contributed by atoms with E-state index in [1.165, 1.54) is 0 Å². The molecule has 122 valence electrons. The van der Waals surface area contributed by atoms with E-state index in [1.54, 1.807) is 6.20 Å². The van der Waals surface area contributed by atoms with E-state index in [0.29, 0.717) is 17.5 Å². The number of hydrogen-bond acceptors (Lipinski definition) is 4. The van der Waals surface area contributed by atoms with E-state index in [9.17, 15) is 0 Å². The van der Waals surface area contributed by atoms with Crippen LogP contribution in [-0.4, -0.2) is 15.0 Å². The van der Waals surface area contributed by atoms with Gasteiger partial charge in [-0.05, 0) is 29.8 Å². The quantitative estimate of drug-likeness (QED) is 0.567. The summed E-state index contributed by atoms with van der Waals surface area (Å²) in [5.41, 5.74) is 3.82. The largest absolute Gasteiger partial charge is 0.350 e. The number of rotatable bonds is 4. The second-order valence-corrected chi connectivity index (χ2v) is 6.07. The number of benzene rings is 2. The molecule has 4 nitrogen and oxygen atoms in total. The Hall–Kier alpha value is -2.98. The second-order valence-electron chi connectivity index (χ2n) is 5.64. The van der Waals surface area contributed by atoms with Crippen molar-refractivity contribution in [2.24, 2.45) is 0 Å². The molecule has 2 heterocycles. The van der Waals surface area contributed by atoms with Crippen molar-refractivity contribution in [3.8, 4) is 11.3 Å². The van der Waals surface area contributed by atoms with Crippen LogP contribution in [0.4, 0.5) is 5.95 Å². The zero-order chi connectivity index (χ0) is 17.1. The molecule has 2 aromatic carbocycles. The minimum absolute atomic E-state index is 0.581. The lowest BCUT2D eigenvalue weighted by Gasteiger charge is -2.11. The Morgan fingerprint density at radius 2 is 1.80 bits per heavy atom. The van der Waals surface area contributed by atoms with Gasteiger partial charge >= 0.3 is 0 Å². The first-order chi connectivity index (χ1) is 12.3. The Morgan fingerprint density at radius 1 is 0.920 bits per heavy atom. The number of aromatic nitrogens is 3. The summed E-state index contributed by atoms with van der Waals surface area (Å²) in [6, 6.07) is 19.6. The molecule has 0 fully saturated rings. The van der Waals surface area contributed by atoms with Crippen molar-refractivity contribution in [3.05, 3.63) is 83.6 Å². The summed E-state index contributed by atoms with van der Waals surface area (Å²) < 4.78 is 0. The summed E-state index contributed by atoms with van der Waals surface area (Å²) >= 11 is 6.18. The van der Waals surface area contributed by atoms with Crippen LogP contribution in [0.2, 0.25) is 5.02 Å². The topological polar surface area (TPSA) is 50.7 Å². The van der Waals surface area contributed by atoms with Crippen LogP contribution < -0.4 is 5.32 Å². The van der Waals surface area contributed by atoms with Crippen molar-refractivity contribution in [2.45, 2.75) is 6.54 Å². The minimum atomic E-state index is 0.581. The van der Waals surface area contributed by atoms with Crippen molar-refractivity contribution >= 4 is 28.5 Å². The molecule has 0 bridgehead atoms. The first-order valence-electron chi connectivity index (χ1n) is 7.95. The highest BCUT2D eigenvalue weighted by atomic mass is 35.5. The van der Waals surface area contributed by atoms with E-state index in [-0.39, 0.29) is 0 Å². The second kappa shape index (κ2) is 6.87. The first-order valence-corrected chi connectivity index (χ1v) is 8.33. The lowest BCUT2D eigenvalue weighted by molar-refractivity contribution is 1.06. The molecule has 0 atom stereocenters. The number of halogens is 1. The Kier molecular flexibility index (Phi) is 4.27. The van der Waals surface area contributed by atoms with Crippen LogP contribution in [0.5, 0.6) is 0 Å². The van der Waals surface area contributed by atoms with Crippen molar-refractivity contribution in [1.82, 2.24) is 15.0 Å². The fourth-order valence-corrected chi connectivity index (χ4v) is 2.85. The molecule has 0 radical (unpaired) electrons. The van der Waals surface area contributed by atoms with E-state index in [4.69, 9.17) is 16.6 Å². The summed E-state index contributed by atoms with van der Waals surface area (Å²) in [6.45, 7) is 0.612. The molecule has 0 aliphatic carbocycles. The molecule has 5 heteroatoms. The number of anilines is 1. The first kappa shape index (κ1) is 15.5. The lowest BCUT2D eigenvalue weighted by Crippen LogP contribution is -2.05. The van der Waals surface area contributed by atoms with Crippen molar-refractivity contribution < 1.29 is 0 Å². The van der Waals surface area contributed by atoms with Gasteiger partial charge in [0.15, 0.2) is 0 Å².